The fraction of sp³-hybridized carbons (Fsp3) is 0.0833. The van der Waals surface area contributed by atoms with Gasteiger partial charge in [0.25, 0.3) is 0 Å². The van der Waals surface area contributed by atoms with Crippen molar-refractivity contribution in [2.24, 2.45) is 5.10 Å². The fourth-order valence-corrected chi connectivity index (χ4v) is 5.37. The summed E-state index contributed by atoms with van der Waals surface area (Å²) in [5, 5.41) is 4.85. The Bertz CT molecular complexity index is 1390. The molecule has 1 heterocycles. The van der Waals surface area contributed by atoms with Crippen LogP contribution >= 0.6 is 70.4 Å². The molecule has 0 atom stereocenters. The van der Waals surface area contributed by atoms with Gasteiger partial charge in [-0.15, -0.1) is 0 Å². The van der Waals surface area contributed by atoms with Crippen molar-refractivity contribution in [2.75, 3.05) is 7.11 Å². The first-order chi connectivity index (χ1) is 16.3. The quantitative estimate of drug-likeness (QED) is 0.119. The standard InChI is InChI=1S/C24H16Br3IN2O4/c1-32-20-7-14(6-18(26)23(20)33-12-13-2-4-17(28)5-3-13)11-29-30-24(31)21-9-15-8-16(25)10-19(27)22(15)34-21/h2-11H,12H2,1H3,(H,30,31)/b29-11-. The third kappa shape index (κ3) is 6.02. The zero-order valence-electron chi connectivity index (χ0n) is 17.6. The van der Waals surface area contributed by atoms with Crippen LogP contribution in [0, 0.1) is 3.57 Å². The number of carbonyl (C=O) groups is 1. The molecule has 10 heteroatoms. The van der Waals surface area contributed by atoms with E-state index in [1.807, 2.05) is 42.5 Å². The fourth-order valence-electron chi connectivity index (χ4n) is 3.10. The van der Waals surface area contributed by atoms with E-state index < -0.39 is 5.91 Å². The molecule has 0 saturated heterocycles. The first-order valence-electron chi connectivity index (χ1n) is 9.81. The summed E-state index contributed by atoms with van der Waals surface area (Å²) in [4.78, 5) is 12.5. The molecule has 174 valence electrons. The van der Waals surface area contributed by atoms with Gasteiger partial charge in [-0.1, -0.05) is 28.1 Å². The van der Waals surface area contributed by atoms with Crippen molar-refractivity contribution >= 4 is 93.5 Å². The first kappa shape index (κ1) is 25.2. The van der Waals surface area contributed by atoms with Crippen LogP contribution in [0.3, 0.4) is 0 Å². The van der Waals surface area contributed by atoms with Gasteiger partial charge in [-0.25, -0.2) is 5.43 Å². The van der Waals surface area contributed by atoms with E-state index in [0.717, 1.165) is 23.5 Å². The van der Waals surface area contributed by atoms with Crippen molar-refractivity contribution in [3.05, 3.63) is 88.5 Å². The van der Waals surface area contributed by atoms with Gasteiger partial charge in [0.1, 0.15) is 12.2 Å². The molecule has 6 nitrogen and oxygen atoms in total. The molecule has 1 N–H and O–H groups in total. The highest BCUT2D eigenvalue weighted by molar-refractivity contribution is 14.1. The molecule has 0 unspecified atom stereocenters. The molecule has 0 spiro atoms. The number of furan rings is 1. The lowest BCUT2D eigenvalue weighted by atomic mass is 10.2. The van der Waals surface area contributed by atoms with Gasteiger partial charge in [0, 0.05) is 13.4 Å². The zero-order valence-corrected chi connectivity index (χ0v) is 24.5. The third-order valence-electron chi connectivity index (χ3n) is 4.69. The molecule has 0 fully saturated rings. The maximum Gasteiger partial charge on any atom is 0.307 e. The van der Waals surface area contributed by atoms with Crippen molar-refractivity contribution < 1.29 is 18.7 Å². The summed E-state index contributed by atoms with van der Waals surface area (Å²) >= 11 is 12.7. The normalized spacial score (nSPS) is 11.2. The monoisotopic (exact) mass is 760 g/mol. The Labute approximate surface area is 234 Å². The molecule has 3 aromatic carbocycles. The van der Waals surface area contributed by atoms with Gasteiger partial charge in [-0.2, -0.15) is 5.10 Å². The minimum Gasteiger partial charge on any atom is -0.493 e. The lowest BCUT2D eigenvalue weighted by molar-refractivity contribution is 0.0929. The average molecular weight is 763 g/mol. The maximum absolute atomic E-state index is 12.5. The molecule has 34 heavy (non-hydrogen) atoms. The van der Waals surface area contributed by atoms with Crippen LogP contribution in [0.2, 0.25) is 0 Å². The van der Waals surface area contributed by atoms with Gasteiger partial charge in [-0.05, 0) is 108 Å². The van der Waals surface area contributed by atoms with Gasteiger partial charge in [-0.3, -0.25) is 4.79 Å². The van der Waals surface area contributed by atoms with E-state index >= 15 is 0 Å². The number of amides is 1. The lowest BCUT2D eigenvalue weighted by Gasteiger charge is -2.13. The average Bonchev–Trinajstić information content (AvgIpc) is 3.23. The molecule has 0 aliphatic rings. The Morgan fingerprint density at radius 2 is 1.85 bits per heavy atom. The van der Waals surface area contributed by atoms with Gasteiger partial charge < -0.3 is 13.9 Å². The second-order valence-electron chi connectivity index (χ2n) is 7.06. The number of hydrogen-bond donors (Lipinski definition) is 1. The van der Waals surface area contributed by atoms with Gasteiger partial charge in [0.05, 0.1) is 22.3 Å². The number of carbonyl (C=O) groups excluding carboxylic acids is 1. The summed E-state index contributed by atoms with van der Waals surface area (Å²) in [6, 6.07) is 17.1. The number of halogens is 4. The highest BCUT2D eigenvalue weighted by Gasteiger charge is 2.15. The van der Waals surface area contributed by atoms with Crippen LogP contribution in [-0.4, -0.2) is 19.2 Å². The Morgan fingerprint density at radius 3 is 2.59 bits per heavy atom. The minimum atomic E-state index is -0.459. The third-order valence-corrected chi connectivity index (χ3v) is 7.04. The van der Waals surface area contributed by atoms with Gasteiger partial charge in [0.2, 0.25) is 0 Å². The topological polar surface area (TPSA) is 73.1 Å². The van der Waals surface area contributed by atoms with Crippen molar-refractivity contribution in [3.8, 4) is 11.5 Å². The largest absolute Gasteiger partial charge is 0.493 e. The Hall–Kier alpha value is -1.89. The van der Waals surface area contributed by atoms with E-state index in [-0.39, 0.29) is 5.76 Å². The van der Waals surface area contributed by atoms with E-state index in [9.17, 15) is 4.79 Å². The summed E-state index contributed by atoms with van der Waals surface area (Å²) in [5.74, 6) is 0.824. The highest BCUT2D eigenvalue weighted by atomic mass is 127. The smallest absolute Gasteiger partial charge is 0.307 e. The molecular formula is C24H16Br3IN2O4. The second-order valence-corrected chi connectivity index (χ2v) is 10.9. The molecule has 1 amide bonds. The number of nitrogens with one attached hydrogen (secondary N) is 1. The number of methoxy groups -OCH3 is 1. The molecule has 0 bridgehead atoms. The van der Waals surface area contributed by atoms with E-state index in [2.05, 4.69) is 80.9 Å². The highest BCUT2D eigenvalue weighted by Crippen LogP contribution is 2.37. The Balaban J connectivity index is 1.45. The summed E-state index contributed by atoms with van der Waals surface area (Å²) in [5.41, 5.74) is 4.84. The molecule has 4 aromatic rings. The lowest BCUT2D eigenvalue weighted by Crippen LogP contribution is -2.16. The molecule has 4 rings (SSSR count). The summed E-state index contributed by atoms with van der Waals surface area (Å²) in [7, 11) is 1.57. The molecular weight excluding hydrogens is 747 g/mol. The predicted octanol–water partition coefficient (Wildman–Crippen LogP) is 7.68. The van der Waals surface area contributed by atoms with Crippen molar-refractivity contribution in [2.45, 2.75) is 6.61 Å². The van der Waals surface area contributed by atoms with Gasteiger partial charge in [0.15, 0.2) is 17.3 Å². The van der Waals surface area contributed by atoms with Gasteiger partial charge >= 0.3 is 5.91 Å². The molecule has 0 saturated carbocycles. The minimum absolute atomic E-state index is 0.157. The summed E-state index contributed by atoms with van der Waals surface area (Å²) in [6.07, 6.45) is 1.52. The second kappa shape index (κ2) is 11.2. The number of rotatable bonds is 7. The number of fused-ring (bicyclic) bond motifs is 1. The molecule has 0 radical (unpaired) electrons. The number of nitrogens with zero attached hydrogens (tertiary/aromatic N) is 1. The van der Waals surface area contributed by atoms with Crippen molar-refractivity contribution in [1.82, 2.24) is 5.43 Å². The number of hydrogen-bond acceptors (Lipinski definition) is 5. The Morgan fingerprint density at radius 1 is 1.09 bits per heavy atom. The van der Waals surface area contributed by atoms with Crippen molar-refractivity contribution in [3.63, 3.8) is 0 Å². The number of ether oxygens (including phenoxy) is 2. The van der Waals surface area contributed by atoms with Crippen molar-refractivity contribution in [1.29, 1.82) is 0 Å². The van der Waals surface area contributed by atoms with Crippen LogP contribution < -0.4 is 14.9 Å². The van der Waals surface area contributed by atoms with Crippen LogP contribution in [0.4, 0.5) is 0 Å². The zero-order chi connectivity index (χ0) is 24.2. The van der Waals surface area contributed by atoms with E-state index in [4.69, 9.17) is 13.9 Å². The number of benzene rings is 3. The van der Waals surface area contributed by atoms with Crippen LogP contribution in [0.15, 0.2) is 77.5 Å². The van der Waals surface area contributed by atoms with E-state index in [1.54, 1.807) is 19.2 Å². The molecule has 1 aromatic heterocycles. The van der Waals surface area contributed by atoms with Crippen LogP contribution in [-0.2, 0) is 6.61 Å². The first-order valence-corrected chi connectivity index (χ1v) is 13.3. The maximum atomic E-state index is 12.5. The van der Waals surface area contributed by atoms with E-state index in [1.165, 1.54) is 6.21 Å². The summed E-state index contributed by atoms with van der Waals surface area (Å²) < 4.78 is 20.6. The SMILES string of the molecule is COc1cc(/C=N\NC(=O)c2cc3cc(Br)cc(Br)c3o2)cc(Br)c1OCc1ccc(I)cc1. The van der Waals surface area contributed by atoms with Crippen LogP contribution in [0.1, 0.15) is 21.7 Å². The molecule has 0 aliphatic heterocycles. The number of hydrazone groups is 1. The van der Waals surface area contributed by atoms with Crippen LogP contribution in [0.25, 0.3) is 11.0 Å². The van der Waals surface area contributed by atoms with Crippen LogP contribution in [0.5, 0.6) is 11.5 Å². The molecule has 0 aliphatic carbocycles. The predicted molar refractivity (Wildman–Crippen MR) is 151 cm³/mol. The van der Waals surface area contributed by atoms with E-state index in [0.29, 0.717) is 33.7 Å². The Kier molecular flexibility index (Phi) is 8.33. The summed E-state index contributed by atoms with van der Waals surface area (Å²) in [6.45, 7) is 0.402.